The molecule has 0 saturated carbocycles. The lowest BCUT2D eigenvalue weighted by atomic mass is 10.0. The van der Waals surface area contributed by atoms with Gasteiger partial charge in [-0.1, -0.05) is 6.08 Å². The highest BCUT2D eigenvalue weighted by atomic mass is 16.5. The minimum absolute atomic E-state index is 0.280. The zero-order valence-corrected chi connectivity index (χ0v) is 5.62. The highest BCUT2D eigenvalue weighted by Gasteiger charge is 2.31. The Labute approximate surface area is 59.3 Å². The first-order chi connectivity index (χ1) is 4.75. The average molecular weight is 142 g/mol. The Balaban J connectivity index is 2.58. The third kappa shape index (κ3) is 1.19. The average Bonchev–Trinajstić information content (AvgIpc) is 2.33. The van der Waals surface area contributed by atoms with Gasteiger partial charge in [-0.15, -0.1) is 6.58 Å². The summed E-state index contributed by atoms with van der Waals surface area (Å²) in [4.78, 5) is 10.4. The number of carboxylic acid groups (broad SMARTS) is 1. The zero-order valence-electron chi connectivity index (χ0n) is 5.62. The molecule has 1 heterocycles. The molecule has 10 heavy (non-hydrogen) atoms. The largest absolute Gasteiger partial charge is 0.481 e. The molecule has 0 spiro atoms. The van der Waals surface area contributed by atoms with Crippen molar-refractivity contribution in [2.75, 3.05) is 6.61 Å². The first-order valence-electron chi connectivity index (χ1n) is 3.22. The fraction of sp³-hybridized carbons (Fsp3) is 0.571. The Morgan fingerprint density at radius 1 is 1.80 bits per heavy atom. The lowest BCUT2D eigenvalue weighted by molar-refractivity contribution is -0.142. The molecule has 3 heteroatoms. The quantitative estimate of drug-likeness (QED) is 0.576. The van der Waals surface area contributed by atoms with Crippen molar-refractivity contribution in [3.63, 3.8) is 0 Å². The molecule has 3 nitrogen and oxygen atoms in total. The molecule has 0 aromatic heterocycles. The van der Waals surface area contributed by atoms with Crippen molar-refractivity contribution in [1.82, 2.24) is 0 Å². The number of carbonyl (C=O) groups is 1. The zero-order chi connectivity index (χ0) is 7.56. The van der Waals surface area contributed by atoms with Gasteiger partial charge in [0.05, 0.1) is 12.0 Å². The van der Waals surface area contributed by atoms with Crippen molar-refractivity contribution in [2.45, 2.75) is 12.5 Å². The van der Waals surface area contributed by atoms with Crippen LogP contribution in [-0.2, 0) is 9.53 Å². The van der Waals surface area contributed by atoms with Crippen molar-refractivity contribution in [1.29, 1.82) is 0 Å². The molecule has 0 aliphatic carbocycles. The molecule has 0 amide bonds. The first kappa shape index (κ1) is 7.28. The summed E-state index contributed by atoms with van der Waals surface area (Å²) in [5.41, 5.74) is 0. The molecular weight excluding hydrogens is 132 g/mol. The SMILES string of the molecule is C=C[C@H]1OCC[C@@H]1C(=O)O. The topological polar surface area (TPSA) is 46.5 Å². The summed E-state index contributed by atoms with van der Waals surface area (Å²) < 4.78 is 5.08. The van der Waals surface area contributed by atoms with E-state index in [9.17, 15) is 4.79 Å². The van der Waals surface area contributed by atoms with Gasteiger partial charge in [0.15, 0.2) is 0 Å². The van der Waals surface area contributed by atoms with E-state index in [1.807, 2.05) is 0 Å². The van der Waals surface area contributed by atoms with Gasteiger partial charge in [0.2, 0.25) is 0 Å². The smallest absolute Gasteiger partial charge is 0.309 e. The molecule has 56 valence electrons. The minimum Gasteiger partial charge on any atom is -0.481 e. The molecule has 0 aromatic carbocycles. The number of ether oxygens (including phenoxy) is 1. The van der Waals surface area contributed by atoms with Crippen LogP contribution < -0.4 is 0 Å². The van der Waals surface area contributed by atoms with Crippen LogP contribution in [0, 0.1) is 5.92 Å². The summed E-state index contributed by atoms with van der Waals surface area (Å²) in [5.74, 6) is -1.17. The molecule has 0 bridgehead atoms. The van der Waals surface area contributed by atoms with E-state index in [1.165, 1.54) is 0 Å². The maximum absolute atomic E-state index is 10.4. The third-order valence-electron chi connectivity index (χ3n) is 1.69. The van der Waals surface area contributed by atoms with E-state index in [1.54, 1.807) is 6.08 Å². The van der Waals surface area contributed by atoms with E-state index >= 15 is 0 Å². The summed E-state index contributed by atoms with van der Waals surface area (Å²) >= 11 is 0. The molecule has 1 N–H and O–H groups in total. The van der Waals surface area contributed by atoms with Crippen LogP contribution in [0.2, 0.25) is 0 Å². The van der Waals surface area contributed by atoms with Crippen LogP contribution in [0.15, 0.2) is 12.7 Å². The third-order valence-corrected chi connectivity index (χ3v) is 1.69. The molecule has 1 aliphatic rings. The van der Waals surface area contributed by atoms with E-state index in [2.05, 4.69) is 6.58 Å². The van der Waals surface area contributed by atoms with Crippen LogP contribution in [0.3, 0.4) is 0 Å². The molecule has 2 atom stereocenters. The number of carboxylic acids is 1. The lowest BCUT2D eigenvalue weighted by Crippen LogP contribution is -2.21. The van der Waals surface area contributed by atoms with Crippen molar-refractivity contribution in [2.24, 2.45) is 5.92 Å². The number of aliphatic carboxylic acids is 1. The lowest BCUT2D eigenvalue weighted by Gasteiger charge is -2.07. The summed E-state index contributed by atoms with van der Waals surface area (Å²) in [6.07, 6.45) is 1.87. The highest BCUT2D eigenvalue weighted by Crippen LogP contribution is 2.21. The second kappa shape index (κ2) is 2.84. The number of hydrogen-bond donors (Lipinski definition) is 1. The van der Waals surface area contributed by atoms with Crippen LogP contribution in [0.25, 0.3) is 0 Å². The monoisotopic (exact) mass is 142 g/mol. The summed E-state index contributed by atoms with van der Waals surface area (Å²) in [6, 6.07) is 0. The molecule has 1 fully saturated rings. The van der Waals surface area contributed by atoms with Crippen molar-refractivity contribution < 1.29 is 14.6 Å². The number of rotatable bonds is 2. The van der Waals surface area contributed by atoms with E-state index in [4.69, 9.17) is 9.84 Å². The van der Waals surface area contributed by atoms with E-state index in [-0.39, 0.29) is 12.0 Å². The first-order valence-corrected chi connectivity index (χ1v) is 3.22. The van der Waals surface area contributed by atoms with Crippen molar-refractivity contribution in [3.05, 3.63) is 12.7 Å². The molecule has 0 radical (unpaired) electrons. The fourth-order valence-corrected chi connectivity index (χ4v) is 1.11. The maximum atomic E-state index is 10.4. The van der Waals surface area contributed by atoms with Gasteiger partial charge >= 0.3 is 5.97 Å². The van der Waals surface area contributed by atoms with Gasteiger partial charge in [0.25, 0.3) is 0 Å². The van der Waals surface area contributed by atoms with Crippen LogP contribution in [0.4, 0.5) is 0 Å². The Hall–Kier alpha value is -0.830. The molecule has 0 unspecified atom stereocenters. The van der Waals surface area contributed by atoms with Crippen LogP contribution in [-0.4, -0.2) is 23.8 Å². The molecule has 1 saturated heterocycles. The standard InChI is InChI=1S/C7H10O3/c1-2-6-5(7(8)9)3-4-10-6/h2,5-6H,1,3-4H2,(H,8,9)/t5-,6+/m0/s1. The van der Waals surface area contributed by atoms with Gasteiger partial charge in [0.1, 0.15) is 0 Å². The second-order valence-electron chi connectivity index (χ2n) is 2.30. The summed E-state index contributed by atoms with van der Waals surface area (Å²) in [5, 5.41) is 8.59. The summed E-state index contributed by atoms with van der Waals surface area (Å²) in [7, 11) is 0. The van der Waals surface area contributed by atoms with Crippen LogP contribution in [0.5, 0.6) is 0 Å². The summed E-state index contributed by atoms with van der Waals surface area (Å²) in [6.45, 7) is 4.02. The normalized spacial score (nSPS) is 32.0. The van der Waals surface area contributed by atoms with Crippen molar-refractivity contribution in [3.8, 4) is 0 Å². The minimum atomic E-state index is -0.789. The maximum Gasteiger partial charge on any atom is 0.309 e. The highest BCUT2D eigenvalue weighted by molar-refractivity contribution is 5.71. The van der Waals surface area contributed by atoms with Gasteiger partial charge in [-0.3, -0.25) is 4.79 Å². The molecule has 1 aliphatic heterocycles. The van der Waals surface area contributed by atoms with Gasteiger partial charge in [-0.25, -0.2) is 0 Å². The van der Waals surface area contributed by atoms with Crippen LogP contribution >= 0.6 is 0 Å². The van der Waals surface area contributed by atoms with Gasteiger partial charge in [0, 0.05) is 6.61 Å². The van der Waals surface area contributed by atoms with Gasteiger partial charge < -0.3 is 9.84 Å². The second-order valence-corrected chi connectivity index (χ2v) is 2.30. The van der Waals surface area contributed by atoms with Crippen molar-refractivity contribution >= 4 is 5.97 Å². The molecule has 0 aromatic rings. The molecule has 1 rings (SSSR count). The Bertz CT molecular complexity index is 153. The van der Waals surface area contributed by atoms with Gasteiger partial charge in [-0.05, 0) is 6.42 Å². The van der Waals surface area contributed by atoms with E-state index in [0.717, 1.165) is 0 Å². The Morgan fingerprint density at radius 3 is 2.90 bits per heavy atom. The number of hydrogen-bond acceptors (Lipinski definition) is 2. The van der Waals surface area contributed by atoms with E-state index in [0.29, 0.717) is 13.0 Å². The fourth-order valence-electron chi connectivity index (χ4n) is 1.11. The predicted octanol–water partition coefficient (Wildman–Crippen LogP) is 0.662. The Kier molecular flexibility index (Phi) is 2.06. The van der Waals surface area contributed by atoms with Crippen LogP contribution in [0.1, 0.15) is 6.42 Å². The predicted molar refractivity (Wildman–Crippen MR) is 35.7 cm³/mol. The Morgan fingerprint density at radius 2 is 2.50 bits per heavy atom. The van der Waals surface area contributed by atoms with E-state index < -0.39 is 5.97 Å². The molecular formula is C7H10O3. The van der Waals surface area contributed by atoms with Gasteiger partial charge in [-0.2, -0.15) is 0 Å².